The molecule has 0 aromatic carbocycles. The molecular weight excluding hydrogens is 401 g/mol. The number of hydrogen-bond acceptors (Lipinski definition) is 7. The van der Waals surface area contributed by atoms with Gasteiger partial charge in [0.05, 0.1) is 7.11 Å². The van der Waals surface area contributed by atoms with Crippen LogP contribution in [0.15, 0.2) is 31.3 Å². The van der Waals surface area contributed by atoms with E-state index in [-0.39, 0.29) is 0 Å². The Morgan fingerprint density at radius 2 is 1.83 bits per heavy atom. The number of methoxy groups -OCH3 is 1. The van der Waals surface area contributed by atoms with Crippen molar-refractivity contribution in [3.05, 3.63) is 27.1 Å². The van der Waals surface area contributed by atoms with Crippen molar-refractivity contribution in [2.45, 2.75) is 41.1 Å². The van der Waals surface area contributed by atoms with Gasteiger partial charge in [-0.05, 0) is 12.3 Å². The van der Waals surface area contributed by atoms with Crippen LogP contribution in [0.4, 0.5) is 0 Å². The number of thioether (sulfide) groups is 2. The van der Waals surface area contributed by atoms with E-state index in [4.69, 9.17) is 4.74 Å². The molecule has 0 spiro atoms. The molecule has 0 saturated heterocycles. The molecule has 7 heteroatoms. The Labute approximate surface area is 167 Å². The van der Waals surface area contributed by atoms with E-state index in [1.165, 1.54) is 21.1 Å². The third-order valence-electron chi connectivity index (χ3n) is 2.69. The van der Waals surface area contributed by atoms with Crippen LogP contribution in [0.5, 0.6) is 5.75 Å². The van der Waals surface area contributed by atoms with Crippen LogP contribution in [-0.4, -0.2) is 29.1 Å². The summed E-state index contributed by atoms with van der Waals surface area (Å²) in [6.45, 7) is 6.34. The molecule has 0 bridgehead atoms. The van der Waals surface area contributed by atoms with Crippen molar-refractivity contribution in [1.29, 1.82) is 0 Å². The average molecular weight is 425 g/mol. The summed E-state index contributed by atoms with van der Waals surface area (Å²) in [5, 5.41) is 9.81. The first-order valence-corrected chi connectivity index (χ1v) is 12.1. The molecule has 0 radical (unpaired) electrons. The van der Waals surface area contributed by atoms with E-state index in [0.29, 0.717) is 5.25 Å². The van der Waals surface area contributed by atoms with E-state index in [1.807, 2.05) is 54.1 Å². The van der Waals surface area contributed by atoms with Crippen molar-refractivity contribution in [1.82, 2.24) is 0 Å². The molecule has 0 amide bonds. The highest BCUT2D eigenvalue weighted by atomic mass is 32.2. The lowest BCUT2D eigenvalue weighted by atomic mass is 10.4. The molecule has 2 atom stereocenters. The summed E-state index contributed by atoms with van der Waals surface area (Å²) in [7, 11) is 1.69. The van der Waals surface area contributed by atoms with Crippen molar-refractivity contribution in [2.75, 3.05) is 18.6 Å². The van der Waals surface area contributed by atoms with Crippen LogP contribution in [0.1, 0.15) is 19.4 Å². The van der Waals surface area contributed by atoms with Gasteiger partial charge in [0.1, 0.15) is 5.75 Å². The Balaban J connectivity index is 0.000000184. The van der Waals surface area contributed by atoms with Gasteiger partial charge in [0.15, 0.2) is 0 Å². The van der Waals surface area contributed by atoms with Crippen molar-refractivity contribution in [3.63, 3.8) is 0 Å². The number of aryl methyl sites for hydroxylation is 1. The highest BCUT2D eigenvalue weighted by Gasteiger charge is 2.16. The Bertz CT molecular complexity index is 548. The molecular formula is C16H24OS6. The molecule has 23 heavy (non-hydrogen) atoms. The van der Waals surface area contributed by atoms with Gasteiger partial charge in [0.25, 0.3) is 0 Å². The topological polar surface area (TPSA) is 9.23 Å². The van der Waals surface area contributed by atoms with E-state index in [9.17, 15) is 0 Å². The lowest BCUT2D eigenvalue weighted by Gasteiger charge is -2.16. The smallest absolute Gasteiger partial charge is 0.132 e. The minimum absolute atomic E-state index is 0.443. The van der Waals surface area contributed by atoms with Gasteiger partial charge in [-0.15, -0.1) is 34.9 Å². The van der Waals surface area contributed by atoms with Crippen LogP contribution >= 0.6 is 71.5 Å². The molecule has 2 aromatic rings. The molecule has 1 aliphatic rings. The summed E-state index contributed by atoms with van der Waals surface area (Å²) in [4.78, 5) is 2.99. The maximum absolute atomic E-state index is 5.00. The average Bonchev–Trinajstić information content (AvgIpc) is 3.16. The second-order valence-electron chi connectivity index (χ2n) is 4.99. The summed E-state index contributed by atoms with van der Waals surface area (Å²) in [6.07, 6.45) is 0. The summed E-state index contributed by atoms with van der Waals surface area (Å²) >= 11 is 15.4. The zero-order valence-corrected chi connectivity index (χ0v) is 18.9. The van der Waals surface area contributed by atoms with Crippen LogP contribution < -0.4 is 4.74 Å². The SMILES string of the molecule is CC(S)CS.CC1CSc2cscc2S1.COc1cscc1C. The number of hydrogen-bond donors (Lipinski definition) is 2. The summed E-state index contributed by atoms with van der Waals surface area (Å²) in [6, 6.07) is 0. The standard InChI is InChI=1S/C7H8S3.C6H8OS.C3H8S2/c1-5-2-9-6-3-8-4-7(6)10-5;1-5-3-8-4-6(5)7-2;1-3(5)2-4/h3-5H,2H2,1H3;3-4H,1-2H3;3-5H,2H2,1H3. The first kappa shape index (κ1) is 21.6. The van der Waals surface area contributed by atoms with Gasteiger partial charge < -0.3 is 4.74 Å². The van der Waals surface area contributed by atoms with E-state index in [1.54, 1.807) is 18.4 Å². The fourth-order valence-corrected chi connectivity index (χ4v) is 5.84. The fourth-order valence-electron chi connectivity index (χ4n) is 1.48. The van der Waals surface area contributed by atoms with Crippen molar-refractivity contribution >= 4 is 71.5 Å². The van der Waals surface area contributed by atoms with Crippen molar-refractivity contribution < 1.29 is 4.74 Å². The van der Waals surface area contributed by atoms with Gasteiger partial charge in [-0.2, -0.15) is 36.6 Å². The largest absolute Gasteiger partial charge is 0.496 e. The van der Waals surface area contributed by atoms with E-state index in [0.717, 1.165) is 16.8 Å². The summed E-state index contributed by atoms with van der Waals surface area (Å²) in [5.41, 5.74) is 1.22. The second-order valence-corrected chi connectivity index (χ2v) is 10.3. The first-order valence-electron chi connectivity index (χ1n) is 7.19. The number of ether oxygens (including phenoxy) is 1. The maximum atomic E-state index is 5.00. The molecule has 0 fully saturated rings. The van der Waals surface area contributed by atoms with E-state index < -0.39 is 0 Å². The van der Waals surface area contributed by atoms with Crippen LogP contribution in [0, 0.1) is 6.92 Å². The molecule has 2 aromatic heterocycles. The lowest BCUT2D eigenvalue weighted by Crippen LogP contribution is -2.03. The normalized spacial score (nSPS) is 17.0. The summed E-state index contributed by atoms with van der Waals surface area (Å²) in [5.74, 6) is 3.13. The minimum Gasteiger partial charge on any atom is -0.496 e. The zero-order valence-electron chi connectivity index (χ0n) is 13.8. The molecule has 3 rings (SSSR count). The Morgan fingerprint density at radius 1 is 1.22 bits per heavy atom. The lowest BCUT2D eigenvalue weighted by molar-refractivity contribution is 0.414. The second kappa shape index (κ2) is 12.0. The van der Waals surface area contributed by atoms with Crippen LogP contribution in [0.3, 0.4) is 0 Å². The van der Waals surface area contributed by atoms with Crippen LogP contribution in [-0.2, 0) is 0 Å². The van der Waals surface area contributed by atoms with Crippen LogP contribution in [0.25, 0.3) is 0 Å². The van der Waals surface area contributed by atoms with Gasteiger partial charge in [0.2, 0.25) is 0 Å². The van der Waals surface area contributed by atoms with E-state index in [2.05, 4.69) is 48.3 Å². The van der Waals surface area contributed by atoms with Gasteiger partial charge in [-0.25, -0.2) is 0 Å². The zero-order chi connectivity index (χ0) is 17.2. The van der Waals surface area contributed by atoms with Gasteiger partial charge in [-0.3, -0.25) is 0 Å². The van der Waals surface area contributed by atoms with E-state index >= 15 is 0 Å². The molecule has 0 saturated carbocycles. The molecule has 1 nitrogen and oxygen atoms in total. The fraction of sp³-hybridized carbons (Fsp3) is 0.500. The predicted molar refractivity (Wildman–Crippen MR) is 118 cm³/mol. The van der Waals surface area contributed by atoms with Crippen molar-refractivity contribution in [3.8, 4) is 5.75 Å². The Hall–Kier alpha value is 0.600. The Kier molecular flexibility index (Phi) is 11.3. The highest BCUT2D eigenvalue weighted by molar-refractivity contribution is 8.06. The predicted octanol–water partition coefficient (Wildman–Crippen LogP) is 6.63. The first-order chi connectivity index (χ1) is 11.0. The highest BCUT2D eigenvalue weighted by Crippen LogP contribution is 2.42. The molecule has 2 unspecified atom stereocenters. The number of thiophene rings is 2. The van der Waals surface area contributed by atoms with Gasteiger partial charge in [-0.1, -0.05) is 13.8 Å². The monoisotopic (exact) mass is 424 g/mol. The number of thiol groups is 2. The molecule has 0 aliphatic carbocycles. The summed E-state index contributed by atoms with van der Waals surface area (Å²) < 4.78 is 5.00. The van der Waals surface area contributed by atoms with Crippen LogP contribution in [0.2, 0.25) is 0 Å². The Morgan fingerprint density at radius 3 is 2.30 bits per heavy atom. The van der Waals surface area contributed by atoms with Gasteiger partial charge in [0, 0.05) is 53.5 Å². The van der Waals surface area contributed by atoms with Crippen molar-refractivity contribution in [2.24, 2.45) is 0 Å². The molecule has 1 aliphatic heterocycles. The number of rotatable bonds is 2. The number of fused-ring (bicyclic) bond motifs is 1. The third kappa shape index (κ3) is 8.50. The molecule has 130 valence electrons. The van der Waals surface area contributed by atoms with Gasteiger partial charge >= 0.3 is 0 Å². The quantitative estimate of drug-likeness (QED) is 0.524. The third-order valence-corrected chi connectivity index (χ3v) is 8.40. The maximum Gasteiger partial charge on any atom is 0.132 e. The minimum atomic E-state index is 0.443. The molecule has 0 N–H and O–H groups in total. The molecule has 3 heterocycles.